The molecule has 0 saturated carbocycles. The van der Waals surface area contributed by atoms with E-state index in [1.807, 2.05) is 38.4 Å². The summed E-state index contributed by atoms with van der Waals surface area (Å²) in [4.78, 5) is 21.9. The number of aromatic nitrogens is 1. The van der Waals surface area contributed by atoms with Crippen molar-refractivity contribution in [3.63, 3.8) is 0 Å². The number of likely N-dealkylation sites (N-methyl/N-ethyl adjacent to an activating group) is 1. The molecule has 0 unspecified atom stereocenters. The van der Waals surface area contributed by atoms with E-state index in [-0.39, 0.29) is 18.0 Å². The zero-order valence-corrected chi connectivity index (χ0v) is 17.5. The lowest BCUT2D eigenvalue weighted by Gasteiger charge is -2.29. The fraction of sp³-hybridized carbons (Fsp3) is 0.500. The van der Waals surface area contributed by atoms with Gasteiger partial charge in [0, 0.05) is 31.1 Å². The number of nitrogens with zero attached hydrogens (tertiary/aromatic N) is 3. The molecule has 1 aromatic carbocycles. The molecular formula is C20H28N4O2S. The molecule has 1 aliphatic heterocycles. The minimum atomic E-state index is -0.180. The van der Waals surface area contributed by atoms with Gasteiger partial charge in [0.15, 0.2) is 0 Å². The number of methoxy groups -OCH3 is 1. The van der Waals surface area contributed by atoms with Crippen LogP contribution in [0.25, 0.3) is 10.6 Å². The van der Waals surface area contributed by atoms with Crippen LogP contribution in [-0.4, -0.2) is 62.2 Å². The number of hydrogen-bond acceptors (Lipinski definition) is 6. The highest BCUT2D eigenvalue weighted by Crippen LogP contribution is 2.42. The van der Waals surface area contributed by atoms with Crippen molar-refractivity contribution in [2.45, 2.75) is 32.4 Å². The third-order valence-corrected chi connectivity index (χ3v) is 5.83. The molecule has 1 atom stereocenters. The Bertz CT molecular complexity index is 803. The summed E-state index contributed by atoms with van der Waals surface area (Å²) in [6.45, 7) is 5.74. The number of rotatable bonds is 7. The van der Waals surface area contributed by atoms with Crippen LogP contribution in [0.4, 0.5) is 5.00 Å². The van der Waals surface area contributed by atoms with Crippen LogP contribution in [0.5, 0.6) is 5.75 Å². The second kappa shape index (κ2) is 8.27. The van der Waals surface area contributed by atoms with Crippen molar-refractivity contribution in [2.75, 3.05) is 39.2 Å². The topological polar surface area (TPSA) is 57.7 Å². The molecule has 2 heterocycles. The number of amides is 1. The highest BCUT2D eigenvalue weighted by Gasteiger charge is 2.38. The van der Waals surface area contributed by atoms with Crippen LogP contribution in [0.15, 0.2) is 24.3 Å². The smallest absolute Gasteiger partial charge is 0.243 e. The van der Waals surface area contributed by atoms with Gasteiger partial charge >= 0.3 is 0 Å². The van der Waals surface area contributed by atoms with Crippen LogP contribution in [-0.2, 0) is 11.2 Å². The summed E-state index contributed by atoms with van der Waals surface area (Å²) in [5.41, 5.74) is 2.06. The molecule has 1 aromatic heterocycles. The summed E-state index contributed by atoms with van der Waals surface area (Å²) in [6.07, 6.45) is 0.655. The maximum Gasteiger partial charge on any atom is 0.243 e. The molecule has 27 heavy (non-hydrogen) atoms. The summed E-state index contributed by atoms with van der Waals surface area (Å²) in [5.74, 6) is 0.903. The molecule has 2 aromatic rings. The number of carbonyl (C=O) groups excluding carboxylic acids is 1. The molecule has 0 bridgehead atoms. The molecule has 0 spiro atoms. The van der Waals surface area contributed by atoms with Crippen molar-refractivity contribution < 1.29 is 9.53 Å². The Labute approximate surface area is 165 Å². The van der Waals surface area contributed by atoms with E-state index in [1.54, 1.807) is 18.4 Å². The van der Waals surface area contributed by atoms with E-state index in [2.05, 4.69) is 29.0 Å². The summed E-state index contributed by atoms with van der Waals surface area (Å²) in [6, 6.07) is 8.00. The fourth-order valence-corrected chi connectivity index (χ4v) is 4.59. The van der Waals surface area contributed by atoms with Crippen molar-refractivity contribution >= 4 is 22.2 Å². The average molecular weight is 389 g/mol. The summed E-state index contributed by atoms with van der Waals surface area (Å²) in [7, 11) is 5.67. The number of benzene rings is 1. The molecule has 0 aliphatic carbocycles. The van der Waals surface area contributed by atoms with E-state index in [4.69, 9.17) is 9.72 Å². The molecule has 0 radical (unpaired) electrons. The predicted octanol–water partition coefficient (Wildman–Crippen LogP) is 2.64. The lowest BCUT2D eigenvalue weighted by molar-refractivity contribution is -0.122. The molecule has 6 nitrogen and oxygen atoms in total. The number of anilines is 1. The normalized spacial score (nSPS) is 16.1. The molecule has 3 rings (SSSR count). The number of nitrogens with one attached hydrogen (secondary N) is 1. The second-order valence-electron chi connectivity index (χ2n) is 7.32. The Kier molecular flexibility index (Phi) is 6.01. The maximum atomic E-state index is 12.7. The monoisotopic (exact) mass is 388 g/mol. The van der Waals surface area contributed by atoms with E-state index in [0.717, 1.165) is 33.6 Å². The molecule has 1 N–H and O–H groups in total. The zero-order chi connectivity index (χ0) is 19.6. The zero-order valence-electron chi connectivity index (χ0n) is 16.7. The highest BCUT2D eigenvalue weighted by molar-refractivity contribution is 7.19. The molecule has 7 heteroatoms. The molecule has 1 amide bonds. The molecular weight excluding hydrogens is 360 g/mol. The van der Waals surface area contributed by atoms with Crippen molar-refractivity contribution in [3.05, 3.63) is 30.0 Å². The van der Waals surface area contributed by atoms with Crippen molar-refractivity contribution in [2.24, 2.45) is 0 Å². The van der Waals surface area contributed by atoms with Gasteiger partial charge in [-0.1, -0.05) is 23.5 Å². The van der Waals surface area contributed by atoms with E-state index in [0.29, 0.717) is 13.0 Å². The van der Waals surface area contributed by atoms with E-state index in [1.165, 1.54) is 0 Å². The molecule has 0 fully saturated rings. The van der Waals surface area contributed by atoms with E-state index >= 15 is 0 Å². The SMILES string of the molecule is COc1cccc(-c2nc3c(s2)N(C(C)C)[C@@H](C(=O)NCCN(C)C)C3)c1. The van der Waals surface area contributed by atoms with Gasteiger partial charge in [-0.05, 0) is 40.1 Å². The lowest BCUT2D eigenvalue weighted by Crippen LogP contribution is -2.49. The van der Waals surface area contributed by atoms with Crippen LogP contribution in [0.2, 0.25) is 0 Å². The van der Waals surface area contributed by atoms with Gasteiger partial charge in [-0.25, -0.2) is 4.98 Å². The van der Waals surface area contributed by atoms with Crippen molar-refractivity contribution in [1.82, 2.24) is 15.2 Å². The largest absolute Gasteiger partial charge is 0.497 e. The predicted molar refractivity (Wildman–Crippen MR) is 111 cm³/mol. The average Bonchev–Trinajstić information content (AvgIpc) is 3.18. The standard InChI is InChI=1S/C20H28N4O2S/c1-13(2)24-17(18(25)21-9-10-23(3)4)12-16-20(24)27-19(22-16)14-7-6-8-15(11-14)26-5/h6-8,11,13,17H,9-10,12H2,1-5H3,(H,21,25)/t17-/m1/s1. The van der Waals surface area contributed by atoms with Gasteiger partial charge in [0.2, 0.25) is 5.91 Å². The van der Waals surface area contributed by atoms with Gasteiger partial charge in [0.05, 0.1) is 12.8 Å². The minimum absolute atomic E-state index is 0.0821. The van der Waals surface area contributed by atoms with Gasteiger partial charge in [-0.2, -0.15) is 0 Å². The van der Waals surface area contributed by atoms with Gasteiger partial charge in [-0.3, -0.25) is 4.79 Å². The number of thiazole rings is 1. The molecule has 1 aliphatic rings. The first kappa shape index (κ1) is 19.6. The first-order chi connectivity index (χ1) is 12.9. The van der Waals surface area contributed by atoms with Crippen molar-refractivity contribution in [3.8, 4) is 16.3 Å². The number of ether oxygens (including phenoxy) is 1. The number of fused-ring (bicyclic) bond motifs is 1. The third kappa shape index (κ3) is 4.25. The van der Waals surface area contributed by atoms with Gasteiger partial charge in [0.1, 0.15) is 21.8 Å². The number of carbonyl (C=O) groups is 1. The van der Waals surface area contributed by atoms with Crippen LogP contribution in [0.3, 0.4) is 0 Å². The van der Waals surface area contributed by atoms with Crippen molar-refractivity contribution in [1.29, 1.82) is 0 Å². The summed E-state index contributed by atoms with van der Waals surface area (Å²) >= 11 is 1.65. The maximum absolute atomic E-state index is 12.7. The quantitative estimate of drug-likeness (QED) is 0.790. The first-order valence-electron chi connectivity index (χ1n) is 9.25. The fourth-order valence-electron chi connectivity index (χ4n) is 3.31. The Balaban J connectivity index is 1.80. The van der Waals surface area contributed by atoms with Crippen LogP contribution in [0, 0.1) is 0 Å². The molecule has 0 saturated heterocycles. The van der Waals surface area contributed by atoms with E-state index < -0.39 is 0 Å². The highest BCUT2D eigenvalue weighted by atomic mass is 32.1. The van der Waals surface area contributed by atoms with Gasteiger partial charge in [0.25, 0.3) is 0 Å². The summed E-state index contributed by atoms with van der Waals surface area (Å²) in [5, 5.41) is 5.14. The van der Waals surface area contributed by atoms with Gasteiger partial charge in [-0.15, -0.1) is 0 Å². The Hall–Kier alpha value is -2.12. The Morgan fingerprint density at radius 2 is 2.22 bits per heavy atom. The lowest BCUT2D eigenvalue weighted by atomic mass is 10.1. The second-order valence-corrected chi connectivity index (χ2v) is 8.30. The number of hydrogen-bond donors (Lipinski definition) is 1. The van der Waals surface area contributed by atoms with Crippen LogP contribution in [0.1, 0.15) is 19.5 Å². The first-order valence-corrected chi connectivity index (χ1v) is 10.1. The van der Waals surface area contributed by atoms with Gasteiger partial charge < -0.3 is 19.9 Å². The van der Waals surface area contributed by atoms with E-state index in [9.17, 15) is 4.79 Å². The van der Waals surface area contributed by atoms with Crippen LogP contribution < -0.4 is 15.0 Å². The minimum Gasteiger partial charge on any atom is -0.497 e. The Morgan fingerprint density at radius 1 is 1.44 bits per heavy atom. The summed E-state index contributed by atoms with van der Waals surface area (Å²) < 4.78 is 5.33. The third-order valence-electron chi connectivity index (χ3n) is 4.67. The molecule has 146 valence electrons. The van der Waals surface area contributed by atoms with Crippen LogP contribution >= 0.6 is 11.3 Å². The Morgan fingerprint density at radius 3 is 2.89 bits per heavy atom.